The Morgan fingerprint density at radius 2 is 1.66 bits per heavy atom. The number of carbonyl (C=O) groups excluding carboxylic acids is 2. The van der Waals surface area contributed by atoms with Gasteiger partial charge < -0.3 is 4.90 Å². The summed E-state index contributed by atoms with van der Waals surface area (Å²) in [5.74, 6) is 0.0572. The van der Waals surface area contributed by atoms with Gasteiger partial charge in [-0.25, -0.2) is 0 Å². The number of carbonyl (C=O) groups is 2. The lowest BCUT2D eigenvalue weighted by atomic mass is 9.95. The molecule has 3 heterocycles. The van der Waals surface area contributed by atoms with Gasteiger partial charge in [-0.3, -0.25) is 9.59 Å². The van der Waals surface area contributed by atoms with Crippen molar-refractivity contribution in [2.45, 2.75) is 17.7 Å². The van der Waals surface area contributed by atoms with Crippen molar-refractivity contribution in [3.8, 4) is 0 Å². The van der Waals surface area contributed by atoms with Crippen LogP contribution in [0.5, 0.6) is 0 Å². The zero-order valence-electron chi connectivity index (χ0n) is 18.4. The summed E-state index contributed by atoms with van der Waals surface area (Å²) in [5.41, 5.74) is 4.61. The summed E-state index contributed by atoms with van der Waals surface area (Å²) in [4.78, 5) is 30.8. The predicted octanol–water partition coefficient (Wildman–Crippen LogP) is 7.39. The molecular formula is C29H19BrClNO2S. The Kier molecular flexibility index (Phi) is 5.79. The minimum Gasteiger partial charge on any atom is -0.332 e. The molecule has 172 valence electrons. The second-order valence-corrected chi connectivity index (χ2v) is 11.1. The molecule has 6 rings (SSSR count). The maximum atomic E-state index is 14.0. The molecule has 3 aromatic carbocycles. The van der Waals surface area contributed by atoms with Crippen LogP contribution >= 0.6 is 39.3 Å². The molecule has 0 radical (unpaired) electrons. The van der Waals surface area contributed by atoms with Gasteiger partial charge in [0.25, 0.3) is 0 Å². The van der Waals surface area contributed by atoms with E-state index in [1.165, 1.54) is 11.8 Å². The highest BCUT2D eigenvalue weighted by atomic mass is 79.9. The van der Waals surface area contributed by atoms with E-state index in [1.54, 1.807) is 12.1 Å². The number of ketones is 2. The largest absolute Gasteiger partial charge is 0.332 e. The van der Waals surface area contributed by atoms with Gasteiger partial charge in [0.2, 0.25) is 5.78 Å². The van der Waals surface area contributed by atoms with Crippen LogP contribution in [0.25, 0.3) is 10.5 Å². The quantitative estimate of drug-likeness (QED) is 0.312. The molecule has 0 aliphatic carbocycles. The highest BCUT2D eigenvalue weighted by molar-refractivity contribution is 9.10. The minimum absolute atomic E-state index is 0.0141. The third kappa shape index (κ3) is 3.83. The van der Waals surface area contributed by atoms with Crippen molar-refractivity contribution < 1.29 is 9.59 Å². The van der Waals surface area contributed by atoms with E-state index in [2.05, 4.69) is 26.9 Å². The first-order chi connectivity index (χ1) is 17.0. The first-order valence-electron chi connectivity index (χ1n) is 11.3. The number of hydrogen-bond donors (Lipinski definition) is 0. The topological polar surface area (TPSA) is 37.4 Å². The number of nitrogens with zero attached hydrogens (tertiary/aromatic N) is 1. The summed E-state index contributed by atoms with van der Waals surface area (Å²) < 4.78 is 0.932. The molecule has 0 saturated heterocycles. The van der Waals surface area contributed by atoms with E-state index in [4.69, 9.17) is 11.6 Å². The average molecular weight is 561 g/mol. The van der Waals surface area contributed by atoms with Gasteiger partial charge in [-0.1, -0.05) is 88.2 Å². The SMILES string of the molecule is O=C1C(c2ccc(Cl)cc2)=C2C=CC[C@H]3[C@H](C(=O)c4ccc(Br)cc4)SC(c4ccccc4)=C1N23. The second kappa shape index (κ2) is 8.98. The third-order valence-corrected chi connectivity index (χ3v) is 8.78. The van der Waals surface area contributed by atoms with Crippen LogP contribution in [0.2, 0.25) is 5.02 Å². The van der Waals surface area contributed by atoms with Crippen molar-refractivity contribution in [2.75, 3.05) is 0 Å². The predicted molar refractivity (Wildman–Crippen MR) is 146 cm³/mol. The monoisotopic (exact) mass is 559 g/mol. The average Bonchev–Trinajstić information content (AvgIpc) is 3.19. The molecule has 0 aromatic heterocycles. The summed E-state index contributed by atoms with van der Waals surface area (Å²) in [6.07, 6.45) is 4.79. The molecule has 6 heteroatoms. The fourth-order valence-corrected chi connectivity index (χ4v) is 6.80. The molecule has 0 unspecified atom stereocenters. The minimum atomic E-state index is -0.354. The lowest BCUT2D eigenvalue weighted by molar-refractivity contribution is -0.111. The molecule has 3 aromatic rings. The van der Waals surface area contributed by atoms with Crippen LogP contribution in [0.1, 0.15) is 27.9 Å². The Morgan fingerprint density at radius 1 is 0.943 bits per heavy atom. The molecule has 0 amide bonds. The summed E-state index contributed by atoms with van der Waals surface area (Å²) in [7, 11) is 0. The summed E-state index contributed by atoms with van der Waals surface area (Å²) in [5, 5.41) is 0.270. The molecule has 0 bridgehead atoms. The van der Waals surface area contributed by atoms with E-state index in [9.17, 15) is 9.59 Å². The maximum Gasteiger partial charge on any atom is 0.213 e. The van der Waals surface area contributed by atoms with Gasteiger partial charge in [0.05, 0.1) is 22.6 Å². The second-order valence-electron chi connectivity index (χ2n) is 8.63. The molecule has 3 aliphatic rings. The zero-order valence-corrected chi connectivity index (χ0v) is 21.6. The number of rotatable bonds is 4. The van der Waals surface area contributed by atoms with Gasteiger partial charge in [-0.2, -0.15) is 0 Å². The third-order valence-electron chi connectivity index (χ3n) is 6.55. The lowest BCUT2D eigenvalue weighted by Gasteiger charge is -2.42. The van der Waals surface area contributed by atoms with Crippen molar-refractivity contribution in [1.29, 1.82) is 0 Å². The first kappa shape index (κ1) is 22.6. The van der Waals surface area contributed by atoms with Crippen LogP contribution < -0.4 is 0 Å². The van der Waals surface area contributed by atoms with Gasteiger partial charge in [0, 0.05) is 20.0 Å². The fourth-order valence-electron chi connectivity index (χ4n) is 4.95. The molecule has 0 saturated carbocycles. The maximum absolute atomic E-state index is 14.0. The molecule has 0 spiro atoms. The van der Waals surface area contributed by atoms with E-state index < -0.39 is 0 Å². The van der Waals surface area contributed by atoms with Crippen LogP contribution in [-0.2, 0) is 4.79 Å². The number of thioether (sulfide) groups is 1. The molecule has 35 heavy (non-hydrogen) atoms. The van der Waals surface area contributed by atoms with Crippen molar-refractivity contribution in [2.24, 2.45) is 0 Å². The molecule has 0 fully saturated rings. The van der Waals surface area contributed by atoms with Crippen LogP contribution in [0.4, 0.5) is 0 Å². The van der Waals surface area contributed by atoms with Crippen molar-refractivity contribution >= 4 is 61.3 Å². The lowest BCUT2D eigenvalue weighted by Crippen LogP contribution is -2.47. The number of allylic oxidation sites excluding steroid dienone is 2. The molecule has 3 nitrogen and oxygen atoms in total. The highest BCUT2D eigenvalue weighted by Gasteiger charge is 2.49. The van der Waals surface area contributed by atoms with Gasteiger partial charge in [0.15, 0.2) is 5.78 Å². The van der Waals surface area contributed by atoms with Gasteiger partial charge >= 0.3 is 0 Å². The smallest absolute Gasteiger partial charge is 0.213 e. The van der Waals surface area contributed by atoms with Gasteiger partial charge in [0.1, 0.15) is 5.70 Å². The molecule has 2 atom stereocenters. The van der Waals surface area contributed by atoms with Gasteiger partial charge in [-0.15, -0.1) is 11.8 Å². The van der Waals surface area contributed by atoms with E-state index >= 15 is 0 Å². The molecular weight excluding hydrogens is 542 g/mol. The fraction of sp³-hybridized carbons (Fsp3) is 0.103. The van der Waals surface area contributed by atoms with E-state index in [0.29, 0.717) is 28.3 Å². The van der Waals surface area contributed by atoms with E-state index in [0.717, 1.165) is 26.2 Å². The summed E-state index contributed by atoms with van der Waals surface area (Å²) in [6.45, 7) is 0. The molecule has 0 N–H and O–H groups in total. The molecule has 3 aliphatic heterocycles. The summed E-state index contributed by atoms with van der Waals surface area (Å²) >= 11 is 11.1. The zero-order chi connectivity index (χ0) is 24.1. The van der Waals surface area contributed by atoms with Crippen LogP contribution in [-0.4, -0.2) is 27.8 Å². The standard InChI is InChI=1S/C29H19BrClNO2S/c30-20-13-9-18(10-14-20)26(33)29-23-8-4-7-22-24(17-11-15-21(31)16-12-17)27(34)25(32(22)23)28(35-29)19-5-2-1-3-6-19/h1-7,9-16,23,29H,8H2/t23-,29+/m0/s1. The Hall–Kier alpha value is -2.86. The Bertz CT molecular complexity index is 1440. The van der Waals surface area contributed by atoms with Crippen LogP contribution in [0.3, 0.4) is 0 Å². The van der Waals surface area contributed by atoms with E-state index in [-0.39, 0.29) is 22.9 Å². The number of Topliss-reactive ketones (excluding diaryl/α,β-unsaturated/α-hetero) is 2. The van der Waals surface area contributed by atoms with E-state index in [1.807, 2.05) is 72.8 Å². The summed E-state index contributed by atoms with van der Waals surface area (Å²) in [6, 6.07) is 24.6. The van der Waals surface area contributed by atoms with Crippen LogP contribution in [0.15, 0.2) is 107 Å². The first-order valence-corrected chi connectivity index (χ1v) is 13.3. The Morgan fingerprint density at radius 3 is 2.37 bits per heavy atom. The normalized spacial score (nSPS) is 21.0. The van der Waals surface area contributed by atoms with Crippen molar-refractivity contribution in [3.05, 3.63) is 129 Å². The number of benzene rings is 3. The van der Waals surface area contributed by atoms with Crippen molar-refractivity contribution in [3.63, 3.8) is 0 Å². The Labute approximate surface area is 221 Å². The Balaban J connectivity index is 1.54. The van der Waals surface area contributed by atoms with Crippen LogP contribution in [0, 0.1) is 0 Å². The van der Waals surface area contributed by atoms with Crippen molar-refractivity contribution in [1.82, 2.24) is 4.90 Å². The number of halogens is 2. The highest BCUT2D eigenvalue weighted by Crippen LogP contribution is 2.53. The van der Waals surface area contributed by atoms with Gasteiger partial charge in [-0.05, 0) is 47.9 Å². The number of hydrogen-bond acceptors (Lipinski definition) is 4.